The van der Waals surface area contributed by atoms with E-state index in [9.17, 15) is 13.6 Å². The smallest absolute Gasteiger partial charge is 0.288 e. The van der Waals surface area contributed by atoms with Gasteiger partial charge in [0.25, 0.3) is 5.76 Å². The Labute approximate surface area is 193 Å². The molecule has 0 bridgehead atoms. The van der Waals surface area contributed by atoms with Crippen LogP contribution in [0, 0.1) is 0 Å². The lowest BCUT2D eigenvalue weighted by Crippen LogP contribution is -2.11. The monoisotopic (exact) mass is 471 g/mol. The highest BCUT2D eigenvalue weighted by molar-refractivity contribution is 7.99. The van der Waals surface area contributed by atoms with E-state index in [2.05, 4.69) is 15.3 Å². The Bertz CT molecular complexity index is 1210. The molecule has 2 aromatic heterocycles. The molecule has 2 aromatic carbocycles. The minimum absolute atomic E-state index is 0.128. The number of aryl methyl sites for hydroxylation is 1. The average Bonchev–Trinajstić information content (AvgIpc) is 3.13. The quantitative estimate of drug-likeness (QED) is 0.268. The van der Waals surface area contributed by atoms with E-state index in [-0.39, 0.29) is 5.91 Å². The summed E-state index contributed by atoms with van der Waals surface area (Å²) in [7, 11) is 0. The third-order valence-corrected chi connectivity index (χ3v) is 5.94. The molecule has 0 saturated heterocycles. The molecular formula is C24H20ClF2N3OS. The fourth-order valence-electron chi connectivity index (χ4n) is 3.58. The number of fused-ring (bicyclic) bond motifs is 1. The van der Waals surface area contributed by atoms with Gasteiger partial charge in [0.1, 0.15) is 0 Å². The number of hydrogen-bond acceptors (Lipinski definition) is 3. The SMILES string of the molecule is O=C(CCCc1c(-c2ccccn2)[nH]c2ccc(Cl)cc12)Nc1ccc(SC(F)F)cc1. The van der Waals surface area contributed by atoms with Gasteiger partial charge in [-0.25, -0.2) is 0 Å². The first-order valence-electron chi connectivity index (χ1n) is 10.1. The lowest BCUT2D eigenvalue weighted by molar-refractivity contribution is -0.116. The van der Waals surface area contributed by atoms with E-state index in [1.54, 1.807) is 30.5 Å². The number of aromatic amines is 1. The molecule has 2 N–H and O–H groups in total. The normalized spacial score (nSPS) is 11.2. The Morgan fingerprint density at radius 1 is 1.12 bits per heavy atom. The van der Waals surface area contributed by atoms with Crippen LogP contribution < -0.4 is 5.32 Å². The standard InChI is InChI=1S/C24H20ClF2N3OS/c25-15-7-12-20-19(14-15)18(23(30-20)21-5-1-2-13-28-21)4-3-6-22(31)29-16-8-10-17(11-9-16)32-24(26)27/h1-2,5,7-14,24,30H,3-4,6H2,(H,29,31). The van der Waals surface area contributed by atoms with Gasteiger partial charge in [0.2, 0.25) is 5.91 Å². The lowest BCUT2D eigenvalue weighted by atomic mass is 10.0. The molecule has 2 heterocycles. The summed E-state index contributed by atoms with van der Waals surface area (Å²) in [6.45, 7) is 0. The fourth-order valence-corrected chi connectivity index (χ4v) is 4.25. The van der Waals surface area contributed by atoms with Crippen LogP contribution in [0.4, 0.5) is 14.5 Å². The van der Waals surface area contributed by atoms with Gasteiger partial charge in [0.05, 0.1) is 11.4 Å². The summed E-state index contributed by atoms with van der Waals surface area (Å²) < 4.78 is 24.8. The second-order valence-electron chi connectivity index (χ2n) is 7.19. The highest BCUT2D eigenvalue weighted by Gasteiger charge is 2.15. The van der Waals surface area contributed by atoms with Crippen molar-refractivity contribution in [1.82, 2.24) is 9.97 Å². The van der Waals surface area contributed by atoms with E-state index in [4.69, 9.17) is 11.6 Å². The first kappa shape index (κ1) is 22.3. The molecule has 32 heavy (non-hydrogen) atoms. The molecule has 0 radical (unpaired) electrons. The number of nitrogens with one attached hydrogen (secondary N) is 2. The number of halogens is 3. The third kappa shape index (κ3) is 5.47. The molecule has 0 aliphatic rings. The number of alkyl halides is 2. The van der Waals surface area contributed by atoms with Crippen molar-refractivity contribution in [3.63, 3.8) is 0 Å². The van der Waals surface area contributed by atoms with Gasteiger partial charge < -0.3 is 10.3 Å². The van der Waals surface area contributed by atoms with Gasteiger partial charge in [-0.1, -0.05) is 29.4 Å². The molecule has 1 amide bonds. The molecule has 0 saturated carbocycles. The van der Waals surface area contributed by atoms with Crippen LogP contribution in [0.3, 0.4) is 0 Å². The Morgan fingerprint density at radius 3 is 2.66 bits per heavy atom. The van der Waals surface area contributed by atoms with Crippen molar-refractivity contribution >= 4 is 45.9 Å². The van der Waals surface area contributed by atoms with Crippen LogP contribution in [-0.2, 0) is 11.2 Å². The van der Waals surface area contributed by atoms with E-state index in [0.717, 1.165) is 27.9 Å². The zero-order chi connectivity index (χ0) is 22.5. The average molecular weight is 472 g/mol. The summed E-state index contributed by atoms with van der Waals surface area (Å²) in [6.07, 6.45) is 3.37. The van der Waals surface area contributed by atoms with Crippen molar-refractivity contribution in [1.29, 1.82) is 0 Å². The van der Waals surface area contributed by atoms with E-state index in [1.807, 2.05) is 36.4 Å². The van der Waals surface area contributed by atoms with Crippen molar-refractivity contribution in [2.75, 3.05) is 5.32 Å². The highest BCUT2D eigenvalue weighted by Crippen LogP contribution is 2.32. The largest absolute Gasteiger partial charge is 0.353 e. The number of carbonyl (C=O) groups excluding carboxylic acids is 1. The summed E-state index contributed by atoms with van der Waals surface area (Å²) in [5.74, 6) is -2.60. The number of aromatic nitrogens is 2. The number of rotatable bonds is 8. The Balaban J connectivity index is 1.44. The minimum Gasteiger partial charge on any atom is -0.353 e. The Kier molecular flexibility index (Phi) is 7.07. The minimum atomic E-state index is -2.47. The lowest BCUT2D eigenvalue weighted by Gasteiger charge is -2.08. The molecule has 8 heteroatoms. The van der Waals surface area contributed by atoms with Crippen molar-refractivity contribution in [3.8, 4) is 11.4 Å². The van der Waals surface area contributed by atoms with Crippen LogP contribution in [0.25, 0.3) is 22.3 Å². The summed E-state index contributed by atoms with van der Waals surface area (Å²) in [5, 5.41) is 4.49. The molecule has 0 aliphatic carbocycles. The van der Waals surface area contributed by atoms with Gasteiger partial charge in [-0.15, -0.1) is 0 Å². The van der Waals surface area contributed by atoms with Crippen molar-refractivity contribution < 1.29 is 13.6 Å². The molecular weight excluding hydrogens is 452 g/mol. The van der Waals surface area contributed by atoms with Gasteiger partial charge in [-0.05, 0) is 73.0 Å². The number of carbonyl (C=O) groups is 1. The highest BCUT2D eigenvalue weighted by atomic mass is 35.5. The summed E-state index contributed by atoms with van der Waals surface area (Å²) >= 11 is 6.70. The van der Waals surface area contributed by atoms with E-state index in [1.165, 1.54) is 0 Å². The van der Waals surface area contributed by atoms with E-state index < -0.39 is 5.76 Å². The van der Waals surface area contributed by atoms with Crippen LogP contribution in [0.5, 0.6) is 0 Å². The number of pyridine rings is 1. The second-order valence-corrected chi connectivity index (χ2v) is 8.69. The van der Waals surface area contributed by atoms with Gasteiger partial charge in [0, 0.05) is 39.1 Å². The van der Waals surface area contributed by atoms with Crippen LogP contribution >= 0.6 is 23.4 Å². The Morgan fingerprint density at radius 2 is 1.94 bits per heavy atom. The van der Waals surface area contributed by atoms with Crippen molar-refractivity contribution in [3.05, 3.63) is 77.4 Å². The zero-order valence-electron chi connectivity index (χ0n) is 16.9. The molecule has 0 spiro atoms. The maximum Gasteiger partial charge on any atom is 0.288 e. The topological polar surface area (TPSA) is 57.8 Å². The fraction of sp³-hybridized carbons (Fsp3) is 0.167. The van der Waals surface area contributed by atoms with Crippen molar-refractivity contribution in [2.24, 2.45) is 0 Å². The number of nitrogens with zero attached hydrogens (tertiary/aromatic N) is 1. The summed E-state index contributed by atoms with van der Waals surface area (Å²) in [6, 6.07) is 17.8. The molecule has 4 aromatic rings. The van der Waals surface area contributed by atoms with Gasteiger partial charge in [-0.2, -0.15) is 8.78 Å². The van der Waals surface area contributed by atoms with Gasteiger partial charge in [-0.3, -0.25) is 9.78 Å². The first-order chi connectivity index (χ1) is 15.5. The summed E-state index contributed by atoms with van der Waals surface area (Å²) in [5.41, 5.74) is 4.39. The second kappa shape index (κ2) is 10.1. The van der Waals surface area contributed by atoms with Gasteiger partial charge in [0.15, 0.2) is 0 Å². The number of thioether (sulfide) groups is 1. The van der Waals surface area contributed by atoms with Crippen molar-refractivity contribution in [2.45, 2.75) is 29.9 Å². The molecule has 0 unspecified atom stereocenters. The van der Waals surface area contributed by atoms with Crippen LogP contribution in [0.1, 0.15) is 18.4 Å². The predicted molar refractivity (Wildman–Crippen MR) is 126 cm³/mol. The number of anilines is 1. The zero-order valence-corrected chi connectivity index (χ0v) is 18.5. The number of hydrogen-bond donors (Lipinski definition) is 2. The van der Waals surface area contributed by atoms with E-state index >= 15 is 0 Å². The Hall–Kier alpha value is -2.90. The molecule has 164 valence electrons. The number of amides is 1. The maximum absolute atomic E-state index is 12.4. The third-order valence-electron chi connectivity index (χ3n) is 4.98. The molecule has 0 atom stereocenters. The summed E-state index contributed by atoms with van der Waals surface area (Å²) in [4.78, 5) is 20.7. The molecule has 0 aliphatic heterocycles. The van der Waals surface area contributed by atoms with Crippen LogP contribution in [0.15, 0.2) is 71.8 Å². The maximum atomic E-state index is 12.4. The van der Waals surface area contributed by atoms with Crippen LogP contribution in [0.2, 0.25) is 5.02 Å². The first-order valence-corrected chi connectivity index (χ1v) is 11.3. The molecule has 4 nitrogen and oxygen atoms in total. The van der Waals surface area contributed by atoms with Gasteiger partial charge >= 0.3 is 0 Å². The molecule has 4 rings (SSSR count). The van der Waals surface area contributed by atoms with E-state index in [0.29, 0.717) is 46.6 Å². The number of H-pyrrole nitrogens is 1. The van der Waals surface area contributed by atoms with Crippen LogP contribution in [-0.4, -0.2) is 21.6 Å². The molecule has 0 fully saturated rings. The number of benzene rings is 2. The predicted octanol–water partition coefficient (Wildman–Crippen LogP) is 7.16.